The predicted molar refractivity (Wildman–Crippen MR) is 96.3 cm³/mol. The minimum atomic E-state index is -0.644. The van der Waals surface area contributed by atoms with Crippen LogP contribution in [0.5, 0.6) is 0 Å². The number of carboxylic acids is 1. The lowest BCUT2D eigenvalue weighted by Gasteiger charge is -2.23. The number of aliphatic carboxylic acids is 1. The van der Waals surface area contributed by atoms with Gasteiger partial charge in [-0.05, 0) is 56.0 Å². The van der Waals surface area contributed by atoms with Gasteiger partial charge in [0.1, 0.15) is 0 Å². The van der Waals surface area contributed by atoms with Crippen LogP contribution in [0.4, 0.5) is 0 Å². The van der Waals surface area contributed by atoms with Crippen LogP contribution in [0.3, 0.4) is 0 Å². The predicted octanol–water partition coefficient (Wildman–Crippen LogP) is 6.17. The highest BCUT2D eigenvalue weighted by atomic mass is 31.1. The van der Waals surface area contributed by atoms with Gasteiger partial charge < -0.3 is 5.11 Å². The molecule has 3 heteroatoms. The summed E-state index contributed by atoms with van der Waals surface area (Å²) in [5.41, 5.74) is 2.30. The van der Waals surface area contributed by atoms with Gasteiger partial charge in [0.25, 0.3) is 0 Å². The normalized spacial score (nSPS) is 27.7. The van der Waals surface area contributed by atoms with Crippen LogP contribution in [0, 0.1) is 0 Å². The maximum absolute atomic E-state index is 10.4. The summed E-state index contributed by atoms with van der Waals surface area (Å²) >= 11 is 0. The van der Waals surface area contributed by atoms with Gasteiger partial charge in [-0.2, -0.15) is 0 Å². The second-order valence-corrected chi connectivity index (χ2v) is 10.3. The highest BCUT2D eigenvalue weighted by molar-refractivity contribution is 7.59. The van der Waals surface area contributed by atoms with Gasteiger partial charge in [0.05, 0.1) is 0 Å². The lowest BCUT2D eigenvalue weighted by Crippen LogP contribution is -2.03. The molecule has 22 heavy (non-hydrogen) atoms. The summed E-state index contributed by atoms with van der Waals surface area (Å²) in [6, 6.07) is 0. The molecule has 0 aliphatic carbocycles. The summed E-state index contributed by atoms with van der Waals surface area (Å²) in [6.07, 6.45) is 21.4. The highest BCUT2D eigenvalue weighted by Crippen LogP contribution is 2.60. The Morgan fingerprint density at radius 2 is 1.27 bits per heavy atom. The third kappa shape index (κ3) is 6.57. The van der Waals surface area contributed by atoms with Crippen LogP contribution in [0.15, 0.2) is 0 Å². The number of fused-ring (bicyclic) bond motifs is 2. The van der Waals surface area contributed by atoms with E-state index in [1.165, 1.54) is 51.4 Å². The zero-order valence-corrected chi connectivity index (χ0v) is 15.2. The number of hydrogen-bond acceptors (Lipinski definition) is 1. The van der Waals surface area contributed by atoms with Crippen molar-refractivity contribution in [3.05, 3.63) is 0 Å². The third-order valence-corrected chi connectivity index (χ3v) is 9.39. The largest absolute Gasteiger partial charge is 0.481 e. The fourth-order valence-electron chi connectivity index (χ4n) is 4.39. The van der Waals surface area contributed by atoms with Gasteiger partial charge in [-0.1, -0.05) is 51.4 Å². The van der Waals surface area contributed by atoms with Gasteiger partial charge in [0, 0.05) is 6.42 Å². The lowest BCUT2D eigenvalue weighted by atomic mass is 10.0. The van der Waals surface area contributed by atoms with Crippen molar-refractivity contribution in [2.45, 2.75) is 108 Å². The van der Waals surface area contributed by atoms with Gasteiger partial charge in [-0.3, -0.25) is 4.79 Å². The van der Waals surface area contributed by atoms with Gasteiger partial charge in [0.15, 0.2) is 0 Å². The standard InChI is InChI=1S/C19H35O2P/c20-19(21)13-7-5-3-1-2-4-6-10-16-22-17-11-8-9-12-18(22)15-14-17/h17-18H,1-16H2,(H,20,21). The van der Waals surface area contributed by atoms with Crippen molar-refractivity contribution in [3.63, 3.8) is 0 Å². The molecule has 2 atom stereocenters. The summed E-state index contributed by atoms with van der Waals surface area (Å²) in [5.74, 6) is -0.644. The van der Waals surface area contributed by atoms with Gasteiger partial charge in [-0.15, -0.1) is 7.92 Å². The molecule has 2 heterocycles. The molecular weight excluding hydrogens is 291 g/mol. The van der Waals surface area contributed by atoms with Crippen LogP contribution in [0.25, 0.3) is 0 Å². The summed E-state index contributed by atoms with van der Waals surface area (Å²) in [4.78, 5) is 10.4. The fourth-order valence-corrected chi connectivity index (χ4v) is 8.30. The molecule has 0 radical (unpaired) electrons. The van der Waals surface area contributed by atoms with E-state index in [4.69, 9.17) is 5.11 Å². The molecule has 0 aromatic carbocycles. The average molecular weight is 326 g/mol. The van der Waals surface area contributed by atoms with Crippen LogP contribution in [-0.4, -0.2) is 28.6 Å². The van der Waals surface area contributed by atoms with Crippen molar-refractivity contribution >= 4 is 13.9 Å². The van der Waals surface area contributed by atoms with E-state index < -0.39 is 5.97 Å². The first-order valence-electron chi connectivity index (χ1n) is 9.75. The molecule has 128 valence electrons. The summed E-state index contributed by atoms with van der Waals surface area (Å²) in [6.45, 7) is 0. The molecule has 2 unspecified atom stereocenters. The van der Waals surface area contributed by atoms with Crippen LogP contribution in [-0.2, 0) is 4.79 Å². The second-order valence-electron chi connectivity index (χ2n) is 7.38. The number of hydrogen-bond donors (Lipinski definition) is 1. The Hall–Kier alpha value is -0.100. The summed E-state index contributed by atoms with van der Waals surface area (Å²) < 4.78 is 0. The zero-order chi connectivity index (χ0) is 15.6. The first-order valence-corrected chi connectivity index (χ1v) is 11.4. The lowest BCUT2D eigenvalue weighted by molar-refractivity contribution is -0.137. The Morgan fingerprint density at radius 3 is 1.82 bits per heavy atom. The fraction of sp³-hybridized carbons (Fsp3) is 0.947. The topological polar surface area (TPSA) is 37.3 Å². The zero-order valence-electron chi connectivity index (χ0n) is 14.3. The van der Waals surface area contributed by atoms with Crippen molar-refractivity contribution < 1.29 is 9.90 Å². The molecule has 2 fully saturated rings. The summed E-state index contributed by atoms with van der Waals surface area (Å²) in [5, 5.41) is 8.58. The van der Waals surface area contributed by atoms with E-state index >= 15 is 0 Å². The van der Waals surface area contributed by atoms with Crippen molar-refractivity contribution in [3.8, 4) is 0 Å². The SMILES string of the molecule is O=C(O)CCCCCCCCCCP1C2CCCCC1CC2. The molecule has 1 N–H and O–H groups in total. The first kappa shape index (κ1) is 18.2. The third-order valence-electron chi connectivity index (χ3n) is 5.65. The summed E-state index contributed by atoms with van der Waals surface area (Å²) in [7, 11) is 0.396. The van der Waals surface area contributed by atoms with Crippen LogP contribution in [0.2, 0.25) is 0 Å². The number of carboxylic acid groups (broad SMARTS) is 1. The smallest absolute Gasteiger partial charge is 0.303 e. The monoisotopic (exact) mass is 326 g/mol. The molecule has 0 amide bonds. The van der Waals surface area contributed by atoms with E-state index in [2.05, 4.69) is 0 Å². The number of carbonyl (C=O) groups is 1. The minimum absolute atomic E-state index is 0.353. The van der Waals surface area contributed by atoms with E-state index in [1.807, 2.05) is 0 Å². The molecular formula is C19H35O2P. The number of rotatable bonds is 11. The molecule has 0 aromatic rings. The maximum atomic E-state index is 10.4. The Balaban J connectivity index is 1.42. The van der Waals surface area contributed by atoms with E-state index in [0.29, 0.717) is 14.3 Å². The Labute approximate surface area is 138 Å². The van der Waals surface area contributed by atoms with Gasteiger partial charge in [-0.25, -0.2) is 0 Å². The van der Waals surface area contributed by atoms with Crippen LogP contribution < -0.4 is 0 Å². The van der Waals surface area contributed by atoms with Crippen LogP contribution >= 0.6 is 7.92 Å². The maximum Gasteiger partial charge on any atom is 0.303 e. The quantitative estimate of drug-likeness (QED) is 0.364. The molecule has 2 rings (SSSR count). The van der Waals surface area contributed by atoms with Gasteiger partial charge in [0.2, 0.25) is 0 Å². The molecule has 2 aliphatic heterocycles. The number of unbranched alkanes of at least 4 members (excludes halogenated alkanes) is 7. The molecule has 2 aliphatic rings. The Bertz CT molecular complexity index is 305. The molecule has 2 nitrogen and oxygen atoms in total. The van der Waals surface area contributed by atoms with E-state index in [0.717, 1.165) is 24.2 Å². The van der Waals surface area contributed by atoms with Crippen molar-refractivity contribution in [2.75, 3.05) is 6.16 Å². The molecule has 2 saturated heterocycles. The second kappa shape index (κ2) is 10.6. The Morgan fingerprint density at radius 1 is 0.773 bits per heavy atom. The van der Waals surface area contributed by atoms with E-state index in [9.17, 15) is 4.79 Å². The molecule has 0 aromatic heterocycles. The Kier molecular flexibility index (Phi) is 8.82. The van der Waals surface area contributed by atoms with Crippen LogP contribution in [0.1, 0.15) is 96.3 Å². The average Bonchev–Trinajstić information content (AvgIpc) is 2.73. The van der Waals surface area contributed by atoms with Crippen molar-refractivity contribution in [1.29, 1.82) is 0 Å². The minimum Gasteiger partial charge on any atom is -0.481 e. The van der Waals surface area contributed by atoms with Crippen molar-refractivity contribution in [2.24, 2.45) is 0 Å². The van der Waals surface area contributed by atoms with E-state index in [1.54, 1.807) is 31.8 Å². The highest BCUT2D eigenvalue weighted by Gasteiger charge is 2.35. The molecule has 0 spiro atoms. The van der Waals surface area contributed by atoms with Gasteiger partial charge >= 0.3 is 5.97 Å². The molecule has 2 bridgehead atoms. The van der Waals surface area contributed by atoms with Crippen molar-refractivity contribution in [1.82, 2.24) is 0 Å². The van der Waals surface area contributed by atoms with E-state index in [-0.39, 0.29) is 0 Å². The molecule has 0 saturated carbocycles. The first-order chi connectivity index (χ1) is 10.8.